The van der Waals surface area contributed by atoms with Crippen molar-refractivity contribution in [3.63, 3.8) is 0 Å². The molecule has 17 nitrogen and oxygen atoms in total. The van der Waals surface area contributed by atoms with E-state index in [4.69, 9.17) is 43.2 Å². The second-order valence-electron chi connectivity index (χ2n) is 10.4. The Morgan fingerprint density at radius 3 is 2.22 bits per heavy atom. The molecular weight excluding hydrogens is 773 g/mol. The normalized spacial score (nSPS) is 23.7. The molecule has 0 aliphatic carbocycles. The van der Waals surface area contributed by atoms with Crippen molar-refractivity contribution in [2.45, 2.75) is 39.5 Å². The van der Waals surface area contributed by atoms with E-state index in [9.17, 15) is 19.4 Å². The van der Waals surface area contributed by atoms with Crippen LogP contribution in [0.1, 0.15) is 7.65 Å². The third kappa shape index (κ3) is 11.2. The molecule has 3 unspecified atom stereocenters. The summed E-state index contributed by atoms with van der Waals surface area (Å²) in [5.41, 5.74) is 5.27. The first-order valence-corrected chi connectivity index (χ1v) is 19.7. The van der Waals surface area contributed by atoms with Gasteiger partial charge in [-0.05, 0) is 24.3 Å². The van der Waals surface area contributed by atoms with Crippen LogP contribution in [-0.2, 0) is 42.0 Å². The van der Waals surface area contributed by atoms with Gasteiger partial charge in [-0.2, -0.15) is 4.98 Å². The predicted molar refractivity (Wildman–Crippen MR) is 181 cm³/mol. The van der Waals surface area contributed by atoms with E-state index in [0.717, 1.165) is 20.9 Å². The quantitative estimate of drug-likeness (QED) is 0.0602. The summed E-state index contributed by atoms with van der Waals surface area (Å²) in [5.74, 6) is 0.580. The highest BCUT2D eigenvalue weighted by atomic mass is 79.9. The Balaban J connectivity index is 0.00000562. The van der Waals surface area contributed by atoms with Gasteiger partial charge in [0.1, 0.15) is 18.3 Å². The fourth-order valence-electron chi connectivity index (χ4n) is 4.79. The number of imidazole rings is 1. The van der Waals surface area contributed by atoms with Crippen molar-refractivity contribution in [3.8, 4) is 0 Å². The van der Waals surface area contributed by atoms with E-state index in [1.54, 1.807) is 11.8 Å². The first kappa shape index (κ1) is 38.6. The summed E-state index contributed by atoms with van der Waals surface area (Å²) in [4.78, 5) is 37.4. The number of nitrogens with two attached hydrogens (primary N) is 1. The Morgan fingerprint density at radius 2 is 1.59 bits per heavy atom. The number of aliphatic hydroxyl groups is 1. The van der Waals surface area contributed by atoms with E-state index in [0.29, 0.717) is 66.1 Å². The molecule has 21 heteroatoms. The monoisotopic (exact) mass is 811 g/mol. The number of benzene rings is 1. The maximum absolute atomic E-state index is 12.7. The zero-order valence-electron chi connectivity index (χ0n) is 27.3. The van der Waals surface area contributed by atoms with Crippen molar-refractivity contribution >= 4 is 64.4 Å². The molecule has 0 radical (unpaired) electrons. The summed E-state index contributed by atoms with van der Waals surface area (Å²) in [6, 6.07) is 7.68. The van der Waals surface area contributed by atoms with Crippen molar-refractivity contribution in [1.29, 1.82) is 0 Å². The van der Waals surface area contributed by atoms with Crippen LogP contribution in [0.5, 0.6) is 0 Å². The summed E-state index contributed by atoms with van der Waals surface area (Å²) in [5, 5.41) is 12.1. The molecule has 1 aromatic carbocycles. The molecule has 3 aromatic rings. The van der Waals surface area contributed by atoms with E-state index in [1.165, 1.54) is 16.3 Å². The van der Waals surface area contributed by atoms with Crippen LogP contribution in [0.15, 0.2) is 44.0 Å². The largest absolute Gasteiger partial charge is 1.00 e. The van der Waals surface area contributed by atoms with Gasteiger partial charge in [0.15, 0.2) is 22.5 Å². The first-order chi connectivity index (χ1) is 23.8. The number of nitrogens with zero attached hydrogens (tertiary/aromatic N) is 3. The molecule has 2 saturated heterocycles. The number of nitrogens with one attached hydrogen (secondary N) is 1. The minimum absolute atomic E-state index is 0. The number of aliphatic hydroxyl groups excluding tert-OH is 1. The van der Waals surface area contributed by atoms with Crippen LogP contribution in [0.4, 0.5) is 5.95 Å². The molecule has 2 aliphatic heterocycles. The first-order valence-electron chi connectivity index (χ1n) is 15.4. The van der Waals surface area contributed by atoms with Crippen molar-refractivity contribution in [1.82, 2.24) is 19.5 Å². The summed E-state index contributed by atoms with van der Waals surface area (Å²) < 4.78 is 56.3. The Hall–Kier alpha value is -1.62. The number of hydrogen-bond donors (Lipinski definition) is 3. The zero-order valence-corrected chi connectivity index (χ0v) is 30.4. The van der Waals surface area contributed by atoms with Gasteiger partial charge in [0.05, 0.1) is 72.7 Å². The van der Waals surface area contributed by atoms with Gasteiger partial charge in [0.2, 0.25) is 5.95 Å². The number of fused-ring (bicyclic) bond motifs is 2. The van der Waals surface area contributed by atoms with E-state index in [1.807, 2.05) is 24.3 Å². The number of anilines is 1. The average Bonchev–Trinajstić information content (AvgIpc) is 3.58. The van der Waals surface area contributed by atoms with Gasteiger partial charge in [-0.25, -0.2) is 4.98 Å². The number of thioether (sulfide) groups is 1. The summed E-state index contributed by atoms with van der Waals surface area (Å²) >= 11 is 6.13. The highest BCUT2D eigenvalue weighted by Crippen LogP contribution is 2.50. The van der Waals surface area contributed by atoms with Gasteiger partial charge in [-0.15, -0.1) is 11.8 Å². The van der Waals surface area contributed by atoms with Crippen molar-refractivity contribution < 1.29 is 53.5 Å². The van der Waals surface area contributed by atoms with Crippen LogP contribution in [0, 0.1) is 0 Å². The van der Waals surface area contributed by atoms with Crippen LogP contribution in [0.3, 0.4) is 0 Å². The van der Waals surface area contributed by atoms with E-state index < -0.39 is 37.9 Å². The Kier molecular flexibility index (Phi) is 15.2. The van der Waals surface area contributed by atoms with Crippen molar-refractivity contribution in [3.05, 3.63) is 34.6 Å². The summed E-state index contributed by atoms with van der Waals surface area (Å²) in [7, 11) is -4.60. The van der Waals surface area contributed by atoms with E-state index >= 15 is 0 Å². The number of H-pyrrole nitrogens is 1. The number of hydrogen-bond acceptors (Lipinski definition) is 17. The number of phosphoric ester groups is 1. The van der Waals surface area contributed by atoms with E-state index in [2.05, 4.69) is 30.9 Å². The van der Waals surface area contributed by atoms with Gasteiger partial charge in [0, 0.05) is 20.9 Å². The van der Waals surface area contributed by atoms with Crippen molar-refractivity contribution in [2.75, 3.05) is 89.5 Å². The predicted octanol–water partition coefficient (Wildman–Crippen LogP) is 1.68. The summed E-state index contributed by atoms with van der Waals surface area (Å²) in [6.45, 7) is 4.97. The maximum Gasteiger partial charge on any atom is 1.00 e. The van der Waals surface area contributed by atoms with Crippen LogP contribution >= 0.6 is 47.3 Å². The third-order valence-electron chi connectivity index (χ3n) is 6.99. The van der Waals surface area contributed by atoms with Crippen LogP contribution in [0.2, 0.25) is 0 Å². The molecule has 0 saturated carbocycles. The standard InChI is InChI=1S/C28H39BrN5O12PS2/c29-5-6-39-7-8-40-9-10-41-11-12-42-13-14-43-15-16-48-18-1-3-19(4-2-18)49-28-31-21-24(32-27(30)33-25(21)36)34(28)26-22(35)23-20(45-26)17-44-47(37,38)46-23/h1-4,20,22-23,26,35H,5-17H2,(H,37,38)(H3,30,32,33,36)/t20?,22?,23-,26-/m1/s1. The number of aromatic nitrogens is 4. The number of rotatable bonds is 21. The average molecular weight is 813 g/mol. The van der Waals surface area contributed by atoms with Crippen molar-refractivity contribution in [2.24, 2.45) is 0 Å². The van der Waals surface area contributed by atoms with Gasteiger partial charge < -0.3 is 53.2 Å². The van der Waals surface area contributed by atoms with Gasteiger partial charge in [-0.1, -0.05) is 27.7 Å². The molecule has 2 aromatic heterocycles. The number of phosphoric acid groups is 1. The summed E-state index contributed by atoms with van der Waals surface area (Å²) in [6.07, 6.45) is -4.71. The molecule has 5 atom stereocenters. The number of alkyl halides is 1. The van der Waals surface area contributed by atoms with Crippen LogP contribution < -0.4 is 16.2 Å². The molecular formula is C28H39BrN5O12PS2. The van der Waals surface area contributed by atoms with Crippen LogP contribution in [-0.4, -0.2) is 127 Å². The highest BCUT2D eigenvalue weighted by molar-refractivity contribution is 9.09. The zero-order chi connectivity index (χ0) is 34.6. The van der Waals surface area contributed by atoms with E-state index in [-0.39, 0.29) is 30.3 Å². The second kappa shape index (κ2) is 19.3. The topological polar surface area (TPSA) is 224 Å². The Labute approximate surface area is 300 Å². The number of nitrogen functional groups attached to an aromatic ring is 1. The fourth-order valence-corrected chi connectivity index (χ4v) is 7.64. The van der Waals surface area contributed by atoms with Gasteiger partial charge >= 0.3 is 1.43 Å². The molecule has 2 aliphatic rings. The highest BCUT2D eigenvalue weighted by Gasteiger charge is 2.51. The van der Waals surface area contributed by atoms with Gasteiger partial charge in [-0.3, -0.25) is 18.9 Å². The third-order valence-corrected chi connectivity index (χ3v) is 10.2. The minimum atomic E-state index is -4.60. The molecule has 0 spiro atoms. The smallest absolute Gasteiger partial charge is 0.756 e. The maximum atomic E-state index is 12.7. The molecule has 0 bridgehead atoms. The number of ether oxygens (including phenoxy) is 6. The number of halogens is 1. The van der Waals surface area contributed by atoms with Gasteiger partial charge in [0.25, 0.3) is 13.4 Å². The molecule has 4 heterocycles. The second-order valence-corrected chi connectivity index (χ2v) is 14.8. The fraction of sp³-hybridized carbons (Fsp3) is 0.607. The molecule has 4 N–H and O–H groups in total. The molecule has 49 heavy (non-hydrogen) atoms. The lowest BCUT2D eigenvalue weighted by molar-refractivity contribution is -0.245. The Bertz CT molecular complexity index is 1590. The molecule has 0 amide bonds. The SMILES string of the molecule is Nc1nc2c(nc(Sc3ccc(SCCOCCOCCOCCOCCOCCBr)cc3)n2[C@@H]2OC3COP(=O)([O-])O[C@H]3C2O)c(=O)[nH]1.[H+]. The number of aromatic amines is 1. The Morgan fingerprint density at radius 1 is 1.00 bits per heavy atom. The van der Waals surface area contributed by atoms with Crippen LogP contribution in [0.25, 0.3) is 11.2 Å². The molecule has 2 fully saturated rings. The lowest BCUT2D eigenvalue weighted by atomic mass is 10.1. The molecule has 272 valence electrons. The molecule has 5 rings (SSSR count). The lowest BCUT2D eigenvalue weighted by Gasteiger charge is -2.34. The minimum Gasteiger partial charge on any atom is -0.756 e. The lowest BCUT2D eigenvalue weighted by Crippen LogP contribution is -2.41.